The summed E-state index contributed by atoms with van der Waals surface area (Å²) in [6.45, 7) is 0.235. The first-order valence-corrected chi connectivity index (χ1v) is 7.96. The average Bonchev–Trinajstić information content (AvgIpc) is 3.21. The lowest BCUT2D eigenvalue weighted by Gasteiger charge is -2.13. The molecule has 0 bridgehead atoms. The number of pyridine rings is 1. The summed E-state index contributed by atoms with van der Waals surface area (Å²) in [4.78, 5) is 15.1. The lowest BCUT2D eigenvalue weighted by Crippen LogP contribution is -2.20. The van der Waals surface area contributed by atoms with Crippen molar-refractivity contribution in [2.45, 2.75) is 32.2 Å². The van der Waals surface area contributed by atoms with Crippen LogP contribution >= 0.6 is 0 Å². The van der Waals surface area contributed by atoms with Crippen LogP contribution in [0.15, 0.2) is 47.5 Å². The van der Waals surface area contributed by atoms with Crippen molar-refractivity contribution in [1.29, 1.82) is 0 Å². The minimum atomic E-state index is -2.31. The number of para-hydroxylation sites is 1. The second-order valence-corrected chi connectivity index (χ2v) is 6.60. The van der Waals surface area contributed by atoms with E-state index in [1.54, 1.807) is 17.1 Å². The molecule has 0 unspecified atom stereocenters. The van der Waals surface area contributed by atoms with Crippen LogP contribution in [0, 0.1) is 5.41 Å². The zero-order valence-corrected chi connectivity index (χ0v) is 13.0. The van der Waals surface area contributed by atoms with E-state index in [1.165, 1.54) is 0 Å². The van der Waals surface area contributed by atoms with Crippen LogP contribution in [-0.2, 0) is 13.0 Å². The third-order valence-electron chi connectivity index (χ3n) is 4.74. The Morgan fingerprint density at radius 3 is 2.83 bits per heavy atom. The average molecular weight is 329 g/mol. The van der Waals surface area contributed by atoms with E-state index in [9.17, 15) is 13.6 Å². The fourth-order valence-electron chi connectivity index (χ4n) is 3.06. The minimum Gasteiger partial charge on any atom is -0.322 e. The van der Waals surface area contributed by atoms with Crippen LogP contribution in [0.2, 0.25) is 0 Å². The van der Waals surface area contributed by atoms with Crippen LogP contribution in [0.5, 0.6) is 0 Å². The summed E-state index contributed by atoms with van der Waals surface area (Å²) in [6.07, 6.45) is 2.62. The Labute approximate surface area is 137 Å². The second kappa shape index (κ2) is 5.54. The maximum Gasteiger partial charge on any atom is 0.251 e. The predicted molar refractivity (Wildman–Crippen MR) is 87.3 cm³/mol. The van der Waals surface area contributed by atoms with E-state index < -0.39 is 11.8 Å². The molecule has 4 rings (SSSR count). The van der Waals surface area contributed by atoms with Crippen molar-refractivity contribution in [2.24, 2.45) is 5.41 Å². The SMILES string of the molecule is O=c1[nH]c2ccccc2cc1Cc1cnn(CC2(C(F)F)CC2)c1. The fraction of sp³-hybridized carbons (Fsp3) is 0.333. The number of halogens is 2. The number of aromatic amines is 1. The Morgan fingerprint density at radius 1 is 1.29 bits per heavy atom. The van der Waals surface area contributed by atoms with Crippen molar-refractivity contribution in [3.8, 4) is 0 Å². The maximum absolute atomic E-state index is 13.0. The van der Waals surface area contributed by atoms with Gasteiger partial charge in [-0.3, -0.25) is 9.48 Å². The predicted octanol–water partition coefficient (Wildman–Crippen LogP) is 3.36. The summed E-state index contributed by atoms with van der Waals surface area (Å²) in [5.41, 5.74) is 1.26. The molecule has 24 heavy (non-hydrogen) atoms. The molecule has 1 N–H and O–H groups in total. The molecule has 1 aliphatic rings. The second-order valence-electron chi connectivity index (χ2n) is 6.60. The molecule has 6 heteroatoms. The number of fused-ring (bicyclic) bond motifs is 1. The molecule has 1 aromatic carbocycles. The third kappa shape index (κ3) is 2.72. The Balaban J connectivity index is 1.56. The van der Waals surface area contributed by atoms with Gasteiger partial charge in [-0.05, 0) is 35.9 Å². The molecule has 4 nitrogen and oxygen atoms in total. The zero-order chi connectivity index (χ0) is 16.7. The first kappa shape index (κ1) is 15.1. The summed E-state index contributed by atoms with van der Waals surface area (Å²) >= 11 is 0. The quantitative estimate of drug-likeness (QED) is 0.780. The molecule has 0 spiro atoms. The first-order chi connectivity index (χ1) is 11.6. The lowest BCUT2D eigenvalue weighted by molar-refractivity contribution is 0.0490. The van der Waals surface area contributed by atoms with E-state index in [4.69, 9.17) is 0 Å². The molecular formula is C18H17F2N3O. The topological polar surface area (TPSA) is 50.7 Å². The highest BCUT2D eigenvalue weighted by Gasteiger charge is 2.51. The highest BCUT2D eigenvalue weighted by Crippen LogP contribution is 2.51. The molecule has 124 valence electrons. The number of nitrogens with one attached hydrogen (secondary N) is 1. The number of hydrogen-bond acceptors (Lipinski definition) is 2. The summed E-state index contributed by atoms with van der Waals surface area (Å²) < 4.78 is 27.6. The molecule has 0 radical (unpaired) electrons. The zero-order valence-electron chi connectivity index (χ0n) is 13.0. The maximum atomic E-state index is 13.0. The van der Waals surface area contributed by atoms with Gasteiger partial charge in [0.25, 0.3) is 5.56 Å². The van der Waals surface area contributed by atoms with Crippen LogP contribution < -0.4 is 5.56 Å². The molecule has 3 aromatic rings. The van der Waals surface area contributed by atoms with Crippen molar-refractivity contribution in [1.82, 2.24) is 14.8 Å². The van der Waals surface area contributed by atoms with Crippen LogP contribution in [0.3, 0.4) is 0 Å². The van der Waals surface area contributed by atoms with Crippen molar-refractivity contribution in [2.75, 3.05) is 0 Å². The third-order valence-corrected chi connectivity index (χ3v) is 4.74. The van der Waals surface area contributed by atoms with E-state index in [-0.39, 0.29) is 12.1 Å². The molecular weight excluding hydrogens is 312 g/mol. The highest BCUT2D eigenvalue weighted by molar-refractivity contribution is 5.78. The molecule has 1 saturated carbocycles. The Kier molecular flexibility index (Phi) is 3.48. The number of hydrogen-bond donors (Lipinski definition) is 1. The number of aromatic nitrogens is 3. The van der Waals surface area contributed by atoms with Gasteiger partial charge in [0.05, 0.1) is 18.2 Å². The molecule has 0 amide bonds. The van der Waals surface area contributed by atoms with E-state index in [1.807, 2.05) is 30.3 Å². The van der Waals surface area contributed by atoms with Gasteiger partial charge in [-0.2, -0.15) is 5.10 Å². The Morgan fingerprint density at radius 2 is 2.08 bits per heavy atom. The number of nitrogens with zero attached hydrogens (tertiary/aromatic N) is 2. The molecule has 1 fully saturated rings. The summed E-state index contributed by atoms with van der Waals surface area (Å²) in [5.74, 6) is 0. The van der Waals surface area contributed by atoms with Gasteiger partial charge in [0.1, 0.15) is 0 Å². The number of benzene rings is 1. The summed E-state index contributed by atoms with van der Waals surface area (Å²) in [6, 6.07) is 9.46. The van der Waals surface area contributed by atoms with Crippen molar-refractivity contribution >= 4 is 10.9 Å². The van der Waals surface area contributed by atoms with Crippen LogP contribution in [-0.4, -0.2) is 21.2 Å². The summed E-state index contributed by atoms with van der Waals surface area (Å²) in [5, 5.41) is 5.15. The van der Waals surface area contributed by atoms with Crippen LogP contribution in [0.1, 0.15) is 24.0 Å². The van der Waals surface area contributed by atoms with E-state index >= 15 is 0 Å². The van der Waals surface area contributed by atoms with Gasteiger partial charge < -0.3 is 4.98 Å². The molecule has 1 aliphatic carbocycles. The van der Waals surface area contributed by atoms with Crippen molar-refractivity contribution < 1.29 is 8.78 Å². The van der Waals surface area contributed by atoms with Gasteiger partial charge in [0, 0.05) is 23.7 Å². The van der Waals surface area contributed by atoms with Gasteiger partial charge in [0.2, 0.25) is 6.43 Å². The van der Waals surface area contributed by atoms with E-state index in [2.05, 4.69) is 10.1 Å². The lowest BCUT2D eigenvalue weighted by atomic mass is 10.1. The molecule has 0 atom stereocenters. The standard InChI is InChI=1S/C18H17F2N3O/c19-17(20)18(5-6-18)11-23-10-12(9-21-23)7-14-8-13-3-1-2-4-15(13)22-16(14)24/h1-4,8-10,17H,5-7,11H2,(H,22,24). The summed E-state index contributed by atoms with van der Waals surface area (Å²) in [7, 11) is 0. The van der Waals surface area contributed by atoms with E-state index in [0.29, 0.717) is 24.8 Å². The van der Waals surface area contributed by atoms with Gasteiger partial charge in [-0.15, -0.1) is 0 Å². The van der Waals surface area contributed by atoms with Crippen molar-refractivity contribution in [3.05, 3.63) is 64.2 Å². The number of rotatable bonds is 5. The van der Waals surface area contributed by atoms with E-state index in [0.717, 1.165) is 16.5 Å². The van der Waals surface area contributed by atoms with Crippen LogP contribution in [0.4, 0.5) is 8.78 Å². The minimum absolute atomic E-state index is 0.132. The van der Waals surface area contributed by atoms with Gasteiger partial charge in [-0.1, -0.05) is 18.2 Å². The molecule has 0 aliphatic heterocycles. The molecule has 2 aromatic heterocycles. The first-order valence-electron chi connectivity index (χ1n) is 7.96. The van der Waals surface area contributed by atoms with Crippen LogP contribution in [0.25, 0.3) is 10.9 Å². The smallest absolute Gasteiger partial charge is 0.251 e. The van der Waals surface area contributed by atoms with Gasteiger partial charge in [-0.25, -0.2) is 8.78 Å². The Bertz CT molecular complexity index is 941. The van der Waals surface area contributed by atoms with Gasteiger partial charge in [0.15, 0.2) is 0 Å². The largest absolute Gasteiger partial charge is 0.322 e. The van der Waals surface area contributed by atoms with Gasteiger partial charge >= 0.3 is 0 Å². The molecule has 2 heterocycles. The highest BCUT2D eigenvalue weighted by atomic mass is 19.3. The van der Waals surface area contributed by atoms with Crippen molar-refractivity contribution in [3.63, 3.8) is 0 Å². The number of H-pyrrole nitrogens is 1. The normalized spacial score (nSPS) is 16.0. The molecule has 0 saturated heterocycles. The Hall–Kier alpha value is -2.50. The number of alkyl halides is 2. The monoisotopic (exact) mass is 329 g/mol. The fourth-order valence-corrected chi connectivity index (χ4v) is 3.06.